The molecule has 0 saturated heterocycles. The number of aromatic carboxylic acids is 1. The Morgan fingerprint density at radius 3 is 2.90 bits per heavy atom. The normalized spacial score (nSPS) is 10.3. The third-order valence-electron chi connectivity index (χ3n) is 2.97. The van der Waals surface area contributed by atoms with Crippen LogP contribution in [0.5, 0.6) is 0 Å². The molecule has 2 rings (SSSR count). The minimum atomic E-state index is -0.954. The Morgan fingerprint density at radius 1 is 1.38 bits per heavy atom. The summed E-state index contributed by atoms with van der Waals surface area (Å²) in [5, 5.41) is 15.6. The topological polar surface area (TPSA) is 92.2 Å². The van der Waals surface area contributed by atoms with Crippen molar-refractivity contribution in [2.45, 2.75) is 19.8 Å². The molecule has 2 N–H and O–H groups in total. The highest BCUT2D eigenvalue weighted by Crippen LogP contribution is 2.11. The van der Waals surface area contributed by atoms with Crippen LogP contribution in [0.15, 0.2) is 24.3 Å². The number of hydrogen-bond donors (Lipinski definition) is 2. The second kappa shape index (κ2) is 6.94. The van der Waals surface area contributed by atoms with Gasteiger partial charge in [-0.3, -0.25) is 4.79 Å². The smallest absolute Gasteiger partial charge is 0.335 e. The van der Waals surface area contributed by atoms with Crippen molar-refractivity contribution >= 4 is 23.4 Å². The van der Waals surface area contributed by atoms with E-state index in [2.05, 4.69) is 14.9 Å². The van der Waals surface area contributed by atoms with E-state index in [-0.39, 0.29) is 11.5 Å². The maximum atomic E-state index is 12.0. The van der Waals surface area contributed by atoms with Gasteiger partial charge in [0.25, 0.3) is 5.91 Å². The Morgan fingerprint density at radius 2 is 2.19 bits per heavy atom. The molecule has 0 unspecified atom stereocenters. The van der Waals surface area contributed by atoms with Gasteiger partial charge in [0.2, 0.25) is 0 Å². The molecule has 1 aromatic carbocycles. The minimum Gasteiger partial charge on any atom is -0.478 e. The van der Waals surface area contributed by atoms with Gasteiger partial charge in [0, 0.05) is 6.54 Å². The first-order chi connectivity index (χ1) is 10.1. The van der Waals surface area contributed by atoms with E-state index in [9.17, 15) is 9.59 Å². The molecule has 110 valence electrons. The average molecular weight is 305 g/mol. The monoisotopic (exact) mass is 305 g/mol. The van der Waals surface area contributed by atoms with Crippen LogP contribution < -0.4 is 5.32 Å². The zero-order valence-corrected chi connectivity index (χ0v) is 12.3. The number of aryl methyl sites for hydroxylation is 1. The fraction of sp³-hybridized carbons (Fsp3) is 0.286. The lowest BCUT2D eigenvalue weighted by Crippen LogP contribution is -2.25. The maximum absolute atomic E-state index is 12.0. The Balaban J connectivity index is 1.91. The molecule has 0 aliphatic heterocycles. The molecule has 0 bridgehead atoms. The molecular formula is C14H15N3O3S. The summed E-state index contributed by atoms with van der Waals surface area (Å²) < 4.78 is 3.78. The number of nitrogens with zero attached hydrogens (tertiary/aromatic N) is 2. The molecule has 0 aliphatic rings. The Kier molecular flexibility index (Phi) is 4.99. The number of nitrogens with one attached hydrogen (secondary N) is 1. The predicted octanol–water partition coefficient (Wildman–Crippen LogP) is 1.77. The quantitative estimate of drug-likeness (QED) is 0.848. The van der Waals surface area contributed by atoms with Crippen molar-refractivity contribution in [3.63, 3.8) is 0 Å². The standard InChI is InChI=1S/C14H15N3O3S/c1-2-11-12(21-17-16-11)13(18)15-7-6-9-4-3-5-10(8-9)14(19)20/h3-5,8H,2,6-7H2,1H3,(H,15,18)(H,19,20). The Labute approximate surface area is 126 Å². The zero-order valence-electron chi connectivity index (χ0n) is 11.5. The number of carboxylic acids is 1. The van der Waals surface area contributed by atoms with E-state index < -0.39 is 5.97 Å². The van der Waals surface area contributed by atoms with E-state index >= 15 is 0 Å². The lowest BCUT2D eigenvalue weighted by molar-refractivity contribution is 0.0696. The van der Waals surface area contributed by atoms with Gasteiger partial charge in [0.15, 0.2) is 0 Å². The van der Waals surface area contributed by atoms with Crippen LogP contribution in [0, 0.1) is 0 Å². The molecule has 0 fully saturated rings. The van der Waals surface area contributed by atoms with Crippen LogP contribution in [-0.4, -0.2) is 33.1 Å². The summed E-state index contributed by atoms with van der Waals surface area (Å²) >= 11 is 1.08. The van der Waals surface area contributed by atoms with E-state index in [1.807, 2.05) is 13.0 Å². The van der Waals surface area contributed by atoms with Gasteiger partial charge in [-0.25, -0.2) is 4.79 Å². The van der Waals surface area contributed by atoms with Crippen LogP contribution in [-0.2, 0) is 12.8 Å². The first-order valence-electron chi connectivity index (χ1n) is 6.53. The maximum Gasteiger partial charge on any atom is 0.335 e. The summed E-state index contributed by atoms with van der Waals surface area (Å²) in [6.45, 7) is 2.36. The molecule has 0 radical (unpaired) electrons. The summed E-state index contributed by atoms with van der Waals surface area (Å²) in [7, 11) is 0. The number of carboxylic acid groups (broad SMARTS) is 1. The third kappa shape index (κ3) is 3.85. The molecule has 21 heavy (non-hydrogen) atoms. The highest BCUT2D eigenvalue weighted by Gasteiger charge is 2.14. The van der Waals surface area contributed by atoms with E-state index in [1.54, 1.807) is 18.2 Å². The van der Waals surface area contributed by atoms with Crippen LogP contribution >= 0.6 is 11.5 Å². The van der Waals surface area contributed by atoms with Crippen LogP contribution in [0.1, 0.15) is 38.2 Å². The van der Waals surface area contributed by atoms with Crippen molar-refractivity contribution in [2.75, 3.05) is 6.54 Å². The molecule has 0 saturated carbocycles. The highest BCUT2D eigenvalue weighted by molar-refractivity contribution is 7.08. The number of rotatable bonds is 6. The largest absolute Gasteiger partial charge is 0.478 e. The van der Waals surface area contributed by atoms with E-state index in [0.717, 1.165) is 17.1 Å². The first-order valence-corrected chi connectivity index (χ1v) is 7.30. The lowest BCUT2D eigenvalue weighted by Gasteiger charge is -2.05. The first kappa shape index (κ1) is 15.1. The van der Waals surface area contributed by atoms with Crippen LogP contribution in [0.3, 0.4) is 0 Å². The van der Waals surface area contributed by atoms with Crippen molar-refractivity contribution in [3.05, 3.63) is 46.0 Å². The van der Waals surface area contributed by atoms with Crippen molar-refractivity contribution < 1.29 is 14.7 Å². The second-order valence-electron chi connectivity index (χ2n) is 4.41. The molecular weight excluding hydrogens is 290 g/mol. The summed E-state index contributed by atoms with van der Waals surface area (Å²) in [6, 6.07) is 6.69. The predicted molar refractivity (Wildman–Crippen MR) is 78.7 cm³/mol. The minimum absolute atomic E-state index is 0.184. The van der Waals surface area contributed by atoms with Crippen molar-refractivity contribution in [1.29, 1.82) is 0 Å². The molecule has 2 aromatic rings. The van der Waals surface area contributed by atoms with E-state index in [0.29, 0.717) is 30.0 Å². The summed E-state index contributed by atoms with van der Waals surface area (Å²) in [5.41, 5.74) is 1.82. The summed E-state index contributed by atoms with van der Waals surface area (Å²) in [6.07, 6.45) is 1.24. The number of carbonyl (C=O) groups excluding carboxylic acids is 1. The van der Waals surface area contributed by atoms with Gasteiger partial charge in [-0.15, -0.1) is 5.10 Å². The highest BCUT2D eigenvalue weighted by atomic mass is 32.1. The zero-order chi connectivity index (χ0) is 15.2. The molecule has 0 spiro atoms. The van der Waals surface area contributed by atoms with Gasteiger partial charge in [-0.05, 0) is 42.1 Å². The van der Waals surface area contributed by atoms with E-state index in [4.69, 9.17) is 5.11 Å². The van der Waals surface area contributed by atoms with Gasteiger partial charge in [-0.2, -0.15) is 0 Å². The summed E-state index contributed by atoms with van der Waals surface area (Å²) in [5.74, 6) is -1.14. The fourth-order valence-electron chi connectivity index (χ4n) is 1.87. The SMILES string of the molecule is CCc1nnsc1C(=O)NCCc1cccc(C(=O)O)c1. The van der Waals surface area contributed by atoms with Crippen LogP contribution in [0.2, 0.25) is 0 Å². The lowest BCUT2D eigenvalue weighted by atomic mass is 10.1. The van der Waals surface area contributed by atoms with Gasteiger partial charge in [0.05, 0.1) is 11.3 Å². The van der Waals surface area contributed by atoms with Gasteiger partial charge in [0.1, 0.15) is 4.88 Å². The van der Waals surface area contributed by atoms with Crippen LogP contribution in [0.4, 0.5) is 0 Å². The van der Waals surface area contributed by atoms with Crippen molar-refractivity contribution in [2.24, 2.45) is 0 Å². The molecule has 1 amide bonds. The van der Waals surface area contributed by atoms with Crippen molar-refractivity contribution in [1.82, 2.24) is 14.9 Å². The average Bonchev–Trinajstić information content (AvgIpc) is 2.96. The Bertz CT molecular complexity index is 654. The number of carbonyl (C=O) groups is 2. The Hall–Kier alpha value is -2.28. The number of benzene rings is 1. The van der Waals surface area contributed by atoms with Crippen molar-refractivity contribution in [3.8, 4) is 0 Å². The fourth-order valence-corrected chi connectivity index (χ4v) is 2.54. The molecule has 7 heteroatoms. The van der Waals surface area contributed by atoms with Gasteiger partial charge >= 0.3 is 5.97 Å². The number of amides is 1. The van der Waals surface area contributed by atoms with Gasteiger partial charge in [-0.1, -0.05) is 23.5 Å². The number of aromatic nitrogens is 2. The molecule has 0 aliphatic carbocycles. The second-order valence-corrected chi connectivity index (χ2v) is 5.17. The molecule has 1 heterocycles. The molecule has 1 aromatic heterocycles. The molecule has 6 nitrogen and oxygen atoms in total. The van der Waals surface area contributed by atoms with Crippen LogP contribution in [0.25, 0.3) is 0 Å². The van der Waals surface area contributed by atoms with Gasteiger partial charge < -0.3 is 10.4 Å². The molecule has 0 atom stereocenters. The third-order valence-corrected chi connectivity index (χ3v) is 3.74. The number of hydrogen-bond acceptors (Lipinski definition) is 5. The summed E-state index contributed by atoms with van der Waals surface area (Å²) in [4.78, 5) is 23.4. The van der Waals surface area contributed by atoms with E-state index in [1.165, 1.54) is 0 Å².